The number of carbonyl (C=O) groups excluding carboxylic acids is 1. The van der Waals surface area contributed by atoms with Crippen LogP contribution < -0.4 is 4.74 Å². The highest BCUT2D eigenvalue weighted by atomic mass is 32.3. The van der Waals surface area contributed by atoms with Gasteiger partial charge in [0.15, 0.2) is 0 Å². The van der Waals surface area contributed by atoms with E-state index in [0.29, 0.717) is 41.8 Å². The number of nitriles is 1. The maximum atomic E-state index is 11.3. The SMILES string of the molecule is CC(=O)OCc1nc2cc(OCC3CC3)c(C#N)cc2n1COCC[SH](C)(C)(C)C. The van der Waals surface area contributed by atoms with E-state index >= 15 is 0 Å². The normalized spacial score (nSPS) is 15.4. The third-order valence-electron chi connectivity index (χ3n) is 4.98. The maximum Gasteiger partial charge on any atom is 0.303 e. The smallest absolute Gasteiger partial charge is 0.303 e. The molecule has 30 heavy (non-hydrogen) atoms. The van der Waals surface area contributed by atoms with Gasteiger partial charge in [0.25, 0.3) is 0 Å². The van der Waals surface area contributed by atoms with Gasteiger partial charge < -0.3 is 18.8 Å². The van der Waals surface area contributed by atoms with Crippen LogP contribution in [0.2, 0.25) is 0 Å². The van der Waals surface area contributed by atoms with Gasteiger partial charge >= 0.3 is 5.97 Å². The number of hydrogen-bond acceptors (Lipinski definition) is 6. The minimum absolute atomic E-state index is 0.0517. The zero-order valence-electron chi connectivity index (χ0n) is 18.6. The predicted octanol–water partition coefficient (Wildman–Crippen LogP) is 3.33. The van der Waals surface area contributed by atoms with Crippen molar-refractivity contribution in [3.63, 3.8) is 0 Å². The van der Waals surface area contributed by atoms with Crippen LogP contribution >= 0.6 is 9.16 Å². The van der Waals surface area contributed by atoms with Crippen LogP contribution in [-0.2, 0) is 27.6 Å². The molecule has 1 saturated carbocycles. The summed E-state index contributed by atoms with van der Waals surface area (Å²) in [5.74, 6) is 2.37. The Labute approximate surface area is 178 Å². The second-order valence-electron chi connectivity index (χ2n) is 10.1. The second-order valence-corrected chi connectivity index (χ2v) is 18.5. The van der Waals surface area contributed by atoms with Gasteiger partial charge in [0.1, 0.15) is 31.0 Å². The van der Waals surface area contributed by atoms with Crippen molar-refractivity contribution in [3.05, 3.63) is 23.5 Å². The molecule has 0 radical (unpaired) electrons. The molecule has 1 aromatic heterocycles. The van der Waals surface area contributed by atoms with Gasteiger partial charge in [-0.15, -0.1) is 0 Å². The summed E-state index contributed by atoms with van der Waals surface area (Å²) in [6.45, 7) is 2.97. The number of thiol groups is 1. The molecule has 1 aromatic carbocycles. The van der Waals surface area contributed by atoms with Crippen LogP contribution in [0.25, 0.3) is 11.0 Å². The molecule has 0 N–H and O–H groups in total. The highest BCUT2D eigenvalue weighted by Gasteiger charge is 2.23. The number of rotatable bonds is 10. The Bertz CT molecular complexity index is 971. The van der Waals surface area contributed by atoms with Crippen molar-refractivity contribution >= 4 is 26.2 Å². The average Bonchev–Trinajstić information content (AvgIpc) is 3.41. The standard InChI is InChI=1S/C22H33N3O4S/c1-16(26)28-14-22-24-19-11-21(29-13-17-6-7-17)18(12-23)10-20(19)25(22)15-27-8-9-30(2,3,4)5/h10-11,17,30H,6-9,13-15H2,1-5H3. The molecule has 0 unspecified atom stereocenters. The van der Waals surface area contributed by atoms with E-state index in [1.807, 2.05) is 4.57 Å². The van der Waals surface area contributed by atoms with Crippen LogP contribution in [-0.4, -0.2) is 59.5 Å². The van der Waals surface area contributed by atoms with Crippen molar-refractivity contribution in [2.75, 3.05) is 44.0 Å². The summed E-state index contributed by atoms with van der Waals surface area (Å²) in [4.78, 5) is 15.9. The number of carbonyl (C=O) groups is 1. The molecule has 0 atom stereocenters. The van der Waals surface area contributed by atoms with E-state index in [4.69, 9.17) is 14.2 Å². The molecule has 0 saturated heterocycles. The lowest BCUT2D eigenvalue weighted by Gasteiger charge is -2.46. The number of esters is 1. The minimum atomic E-state index is -1.65. The van der Waals surface area contributed by atoms with E-state index in [2.05, 4.69) is 36.1 Å². The first-order valence-electron chi connectivity index (χ1n) is 10.3. The fraction of sp³-hybridized carbons (Fsp3) is 0.591. The van der Waals surface area contributed by atoms with Gasteiger partial charge in [-0.25, -0.2) is 4.98 Å². The molecule has 0 spiro atoms. The van der Waals surface area contributed by atoms with E-state index in [1.54, 1.807) is 12.1 Å². The maximum absolute atomic E-state index is 11.3. The third kappa shape index (κ3) is 6.38. The van der Waals surface area contributed by atoms with Gasteiger partial charge in [-0.3, -0.25) is 14.0 Å². The Balaban J connectivity index is 1.85. The number of hydrogen-bond donors (Lipinski definition) is 1. The quantitative estimate of drug-likeness (QED) is 0.350. The molecular weight excluding hydrogens is 402 g/mol. The van der Waals surface area contributed by atoms with E-state index < -0.39 is 9.16 Å². The van der Waals surface area contributed by atoms with Crippen LogP contribution in [0.3, 0.4) is 0 Å². The Morgan fingerprint density at radius 3 is 2.63 bits per heavy atom. The van der Waals surface area contributed by atoms with Crippen molar-refractivity contribution in [1.29, 1.82) is 5.26 Å². The first-order chi connectivity index (χ1) is 14.0. The van der Waals surface area contributed by atoms with Gasteiger partial charge in [-0.1, -0.05) is 0 Å². The molecule has 166 valence electrons. The fourth-order valence-electron chi connectivity index (χ4n) is 2.91. The van der Waals surface area contributed by atoms with E-state index in [9.17, 15) is 10.1 Å². The fourth-order valence-corrected chi connectivity index (χ4v) is 3.77. The van der Waals surface area contributed by atoms with Crippen molar-refractivity contribution in [3.8, 4) is 11.8 Å². The molecule has 2 aromatic rings. The van der Waals surface area contributed by atoms with E-state index in [-0.39, 0.29) is 19.3 Å². The van der Waals surface area contributed by atoms with Gasteiger partial charge in [0.05, 0.1) is 29.8 Å². The van der Waals surface area contributed by atoms with E-state index in [1.165, 1.54) is 19.8 Å². The van der Waals surface area contributed by atoms with Crippen LogP contribution in [0, 0.1) is 17.2 Å². The van der Waals surface area contributed by atoms with Crippen LogP contribution in [0.15, 0.2) is 12.1 Å². The Morgan fingerprint density at radius 2 is 2.03 bits per heavy atom. The lowest BCUT2D eigenvalue weighted by molar-refractivity contribution is -0.142. The van der Waals surface area contributed by atoms with Crippen LogP contribution in [0.1, 0.15) is 31.2 Å². The first-order valence-corrected chi connectivity index (χ1v) is 14.5. The Hall–Kier alpha value is -2.24. The molecule has 1 fully saturated rings. The average molecular weight is 436 g/mol. The van der Waals surface area contributed by atoms with Crippen LogP contribution in [0.4, 0.5) is 0 Å². The lowest BCUT2D eigenvalue weighted by Crippen LogP contribution is -2.20. The molecule has 0 bridgehead atoms. The monoisotopic (exact) mass is 435 g/mol. The second kappa shape index (κ2) is 8.48. The van der Waals surface area contributed by atoms with E-state index in [0.717, 1.165) is 11.3 Å². The summed E-state index contributed by atoms with van der Waals surface area (Å²) in [6, 6.07) is 5.80. The zero-order valence-corrected chi connectivity index (χ0v) is 19.5. The lowest BCUT2D eigenvalue weighted by atomic mass is 10.2. The van der Waals surface area contributed by atoms with Gasteiger partial charge in [-0.2, -0.15) is 5.26 Å². The van der Waals surface area contributed by atoms with Crippen molar-refractivity contribution in [1.82, 2.24) is 9.55 Å². The molecule has 0 aliphatic heterocycles. The summed E-state index contributed by atoms with van der Waals surface area (Å²) in [5.41, 5.74) is 1.94. The summed E-state index contributed by atoms with van der Waals surface area (Å²) < 4.78 is 18.9. The number of benzene rings is 1. The molecule has 1 aliphatic carbocycles. The largest absolute Gasteiger partial charge is 0.492 e. The van der Waals surface area contributed by atoms with Crippen LogP contribution in [0.5, 0.6) is 5.75 Å². The summed E-state index contributed by atoms with van der Waals surface area (Å²) in [6.07, 6.45) is 11.6. The third-order valence-corrected chi connectivity index (χ3v) is 6.95. The van der Waals surface area contributed by atoms with Gasteiger partial charge in [0.2, 0.25) is 0 Å². The minimum Gasteiger partial charge on any atom is -0.492 e. The number of nitrogens with zero attached hydrogens (tertiary/aromatic N) is 3. The van der Waals surface area contributed by atoms with Crippen molar-refractivity contribution < 1.29 is 19.0 Å². The topological polar surface area (TPSA) is 86.4 Å². The summed E-state index contributed by atoms with van der Waals surface area (Å²) in [7, 11) is -1.65. The summed E-state index contributed by atoms with van der Waals surface area (Å²) >= 11 is 0. The Morgan fingerprint density at radius 1 is 1.30 bits per heavy atom. The number of imidazole rings is 1. The number of ether oxygens (including phenoxy) is 3. The molecule has 7 nitrogen and oxygen atoms in total. The molecule has 1 aliphatic rings. The zero-order chi connectivity index (χ0) is 22.0. The van der Waals surface area contributed by atoms with Crippen molar-refractivity contribution in [2.45, 2.75) is 33.1 Å². The highest BCUT2D eigenvalue weighted by Crippen LogP contribution is 2.54. The van der Waals surface area contributed by atoms with Gasteiger partial charge in [-0.05, 0) is 55.6 Å². The molecule has 8 heteroatoms. The number of fused-ring (bicyclic) bond motifs is 1. The van der Waals surface area contributed by atoms with Crippen molar-refractivity contribution in [2.24, 2.45) is 5.92 Å². The Kier molecular flexibility index (Phi) is 6.34. The predicted molar refractivity (Wildman–Crippen MR) is 122 cm³/mol. The molecule has 3 rings (SSSR count). The highest BCUT2D eigenvalue weighted by molar-refractivity contribution is 8.47. The number of aromatic nitrogens is 2. The molecule has 0 amide bonds. The molecule has 1 heterocycles. The van der Waals surface area contributed by atoms with Gasteiger partial charge in [0, 0.05) is 13.0 Å². The molecular formula is C22H33N3O4S. The summed E-state index contributed by atoms with van der Waals surface area (Å²) in [5, 5.41) is 9.61. The first kappa shape index (κ1) is 22.4.